The molecule has 1 unspecified atom stereocenters. The molecule has 0 fully saturated rings. The first-order valence-electron chi connectivity index (χ1n) is 4.31. The predicted octanol–water partition coefficient (Wildman–Crippen LogP) is -0.320. The van der Waals surface area contributed by atoms with Crippen LogP contribution in [0.3, 0.4) is 0 Å². The van der Waals surface area contributed by atoms with E-state index in [9.17, 15) is 9.59 Å². The summed E-state index contributed by atoms with van der Waals surface area (Å²) in [5.74, 6) is -1.71. The summed E-state index contributed by atoms with van der Waals surface area (Å²) in [6.45, 7) is 5.84. The Morgan fingerprint density at radius 1 is 1.64 bits per heavy atom. The standard InChI is InChI=1S/C9H16N2O3/c1-3-4-11(6-8(12)13)5-7(2)9(10)14/h3,7H,1,4-6H2,2H3,(H2,10,14)(H,12,13). The quantitative estimate of drug-likeness (QED) is 0.552. The Kier molecular flexibility index (Phi) is 5.55. The third kappa shape index (κ3) is 5.31. The summed E-state index contributed by atoms with van der Waals surface area (Å²) in [7, 11) is 0. The molecule has 0 saturated heterocycles. The molecule has 0 saturated carbocycles. The minimum atomic E-state index is -0.927. The lowest BCUT2D eigenvalue weighted by molar-refractivity contribution is -0.138. The van der Waals surface area contributed by atoms with Gasteiger partial charge in [0, 0.05) is 19.0 Å². The van der Waals surface area contributed by atoms with E-state index in [0.29, 0.717) is 13.1 Å². The number of nitrogens with two attached hydrogens (primary N) is 1. The molecule has 1 amide bonds. The van der Waals surface area contributed by atoms with Crippen molar-refractivity contribution in [1.29, 1.82) is 0 Å². The Morgan fingerprint density at radius 2 is 2.21 bits per heavy atom. The van der Waals surface area contributed by atoms with Crippen molar-refractivity contribution < 1.29 is 14.7 Å². The van der Waals surface area contributed by atoms with Crippen molar-refractivity contribution in [2.45, 2.75) is 6.92 Å². The number of nitrogens with zero attached hydrogens (tertiary/aromatic N) is 1. The van der Waals surface area contributed by atoms with E-state index < -0.39 is 11.9 Å². The van der Waals surface area contributed by atoms with Gasteiger partial charge >= 0.3 is 5.97 Å². The lowest BCUT2D eigenvalue weighted by atomic mass is 10.1. The molecule has 0 aromatic carbocycles. The van der Waals surface area contributed by atoms with Gasteiger partial charge in [0.2, 0.25) is 5.91 Å². The molecule has 0 bridgehead atoms. The molecule has 0 spiro atoms. The highest BCUT2D eigenvalue weighted by Crippen LogP contribution is 1.99. The van der Waals surface area contributed by atoms with Gasteiger partial charge in [-0.05, 0) is 0 Å². The van der Waals surface area contributed by atoms with E-state index in [0.717, 1.165) is 0 Å². The van der Waals surface area contributed by atoms with Crippen LogP contribution in [-0.4, -0.2) is 41.5 Å². The predicted molar refractivity (Wildman–Crippen MR) is 52.6 cm³/mol. The maximum absolute atomic E-state index is 10.7. The first kappa shape index (κ1) is 12.6. The van der Waals surface area contributed by atoms with Gasteiger partial charge in [0.25, 0.3) is 0 Å². The summed E-state index contributed by atoms with van der Waals surface area (Å²) in [6.07, 6.45) is 1.59. The van der Waals surface area contributed by atoms with Crippen LogP contribution in [-0.2, 0) is 9.59 Å². The van der Waals surface area contributed by atoms with E-state index in [1.54, 1.807) is 17.9 Å². The number of hydrogen-bond donors (Lipinski definition) is 2. The molecule has 0 rings (SSSR count). The summed E-state index contributed by atoms with van der Waals surface area (Å²) in [5, 5.41) is 8.57. The number of carbonyl (C=O) groups excluding carboxylic acids is 1. The fraction of sp³-hybridized carbons (Fsp3) is 0.556. The van der Waals surface area contributed by atoms with Crippen molar-refractivity contribution in [2.24, 2.45) is 11.7 Å². The molecular weight excluding hydrogens is 184 g/mol. The van der Waals surface area contributed by atoms with Crippen molar-refractivity contribution in [3.63, 3.8) is 0 Å². The smallest absolute Gasteiger partial charge is 0.317 e. The van der Waals surface area contributed by atoms with Crippen molar-refractivity contribution >= 4 is 11.9 Å². The lowest BCUT2D eigenvalue weighted by Gasteiger charge is -2.20. The number of amides is 1. The zero-order valence-corrected chi connectivity index (χ0v) is 8.27. The number of aliphatic carboxylic acids is 1. The Labute approximate surface area is 83.2 Å². The summed E-state index contributed by atoms with van der Waals surface area (Å²) in [5.41, 5.74) is 5.07. The molecule has 5 nitrogen and oxygen atoms in total. The van der Waals surface area contributed by atoms with Crippen LogP contribution < -0.4 is 5.73 Å². The second-order valence-electron chi connectivity index (χ2n) is 3.18. The molecule has 0 aliphatic carbocycles. The number of rotatable bonds is 7. The molecule has 0 aliphatic rings. The van der Waals surface area contributed by atoms with Gasteiger partial charge in [0.05, 0.1) is 6.54 Å². The number of carboxylic acid groups (broad SMARTS) is 1. The maximum atomic E-state index is 10.7. The second-order valence-corrected chi connectivity index (χ2v) is 3.18. The Morgan fingerprint density at radius 3 is 2.57 bits per heavy atom. The molecule has 0 heterocycles. The number of carboxylic acids is 1. The third-order valence-corrected chi connectivity index (χ3v) is 1.76. The van der Waals surface area contributed by atoms with Crippen LogP contribution in [0.15, 0.2) is 12.7 Å². The minimum Gasteiger partial charge on any atom is -0.480 e. The summed E-state index contributed by atoms with van der Waals surface area (Å²) in [4.78, 5) is 22.8. The van der Waals surface area contributed by atoms with E-state index in [1.165, 1.54) is 0 Å². The normalized spacial score (nSPS) is 12.4. The van der Waals surface area contributed by atoms with Gasteiger partial charge in [-0.2, -0.15) is 0 Å². The van der Waals surface area contributed by atoms with Gasteiger partial charge in [-0.3, -0.25) is 14.5 Å². The van der Waals surface area contributed by atoms with Gasteiger partial charge < -0.3 is 10.8 Å². The topological polar surface area (TPSA) is 83.6 Å². The molecule has 3 N–H and O–H groups in total. The fourth-order valence-electron chi connectivity index (χ4n) is 1.05. The Balaban J connectivity index is 4.13. The van der Waals surface area contributed by atoms with Crippen molar-refractivity contribution in [2.75, 3.05) is 19.6 Å². The number of primary amides is 1. The van der Waals surface area contributed by atoms with Gasteiger partial charge in [-0.15, -0.1) is 6.58 Å². The largest absolute Gasteiger partial charge is 0.480 e. The van der Waals surface area contributed by atoms with Crippen molar-refractivity contribution in [3.05, 3.63) is 12.7 Å². The summed E-state index contributed by atoms with van der Waals surface area (Å²) in [6, 6.07) is 0. The molecular formula is C9H16N2O3. The van der Waals surface area contributed by atoms with Crippen LogP contribution in [0.5, 0.6) is 0 Å². The van der Waals surface area contributed by atoms with E-state index in [4.69, 9.17) is 10.8 Å². The average molecular weight is 200 g/mol. The van der Waals surface area contributed by atoms with Crippen molar-refractivity contribution in [3.8, 4) is 0 Å². The van der Waals surface area contributed by atoms with Gasteiger partial charge in [-0.25, -0.2) is 0 Å². The van der Waals surface area contributed by atoms with E-state index in [-0.39, 0.29) is 12.5 Å². The molecule has 5 heteroatoms. The van der Waals surface area contributed by atoms with Crippen LogP contribution in [0.1, 0.15) is 6.92 Å². The van der Waals surface area contributed by atoms with Crippen LogP contribution in [0.25, 0.3) is 0 Å². The highest BCUT2D eigenvalue weighted by molar-refractivity contribution is 5.76. The van der Waals surface area contributed by atoms with Crippen LogP contribution in [0.2, 0.25) is 0 Å². The second kappa shape index (κ2) is 6.15. The molecule has 0 radical (unpaired) electrons. The highest BCUT2D eigenvalue weighted by Gasteiger charge is 2.15. The fourth-order valence-corrected chi connectivity index (χ4v) is 1.05. The molecule has 80 valence electrons. The maximum Gasteiger partial charge on any atom is 0.317 e. The molecule has 0 aromatic heterocycles. The number of hydrogen-bond acceptors (Lipinski definition) is 3. The van der Waals surface area contributed by atoms with E-state index in [1.807, 2.05) is 0 Å². The lowest BCUT2D eigenvalue weighted by Crippen LogP contribution is -2.37. The van der Waals surface area contributed by atoms with Crippen LogP contribution in [0, 0.1) is 5.92 Å². The SMILES string of the molecule is C=CCN(CC(=O)O)CC(C)C(N)=O. The molecule has 0 aliphatic heterocycles. The first-order chi connectivity index (χ1) is 6.47. The summed E-state index contributed by atoms with van der Waals surface area (Å²) >= 11 is 0. The van der Waals surface area contributed by atoms with Crippen LogP contribution in [0.4, 0.5) is 0 Å². The van der Waals surface area contributed by atoms with Crippen LogP contribution >= 0.6 is 0 Å². The van der Waals surface area contributed by atoms with E-state index in [2.05, 4.69) is 6.58 Å². The minimum absolute atomic E-state index is 0.107. The third-order valence-electron chi connectivity index (χ3n) is 1.76. The van der Waals surface area contributed by atoms with Crippen molar-refractivity contribution in [1.82, 2.24) is 4.90 Å². The Hall–Kier alpha value is -1.36. The average Bonchev–Trinajstić information content (AvgIpc) is 2.02. The number of carbonyl (C=O) groups is 2. The van der Waals surface area contributed by atoms with E-state index >= 15 is 0 Å². The Bertz CT molecular complexity index is 228. The van der Waals surface area contributed by atoms with Gasteiger partial charge in [0.1, 0.15) is 0 Å². The zero-order chi connectivity index (χ0) is 11.1. The van der Waals surface area contributed by atoms with Gasteiger partial charge in [-0.1, -0.05) is 13.0 Å². The molecule has 0 aromatic rings. The first-order valence-corrected chi connectivity index (χ1v) is 4.31. The highest BCUT2D eigenvalue weighted by atomic mass is 16.4. The molecule has 1 atom stereocenters. The van der Waals surface area contributed by atoms with Gasteiger partial charge in [0.15, 0.2) is 0 Å². The monoisotopic (exact) mass is 200 g/mol. The molecule has 14 heavy (non-hydrogen) atoms. The summed E-state index contributed by atoms with van der Waals surface area (Å²) < 4.78 is 0. The zero-order valence-electron chi connectivity index (χ0n) is 8.27.